The summed E-state index contributed by atoms with van der Waals surface area (Å²) >= 11 is 1.45. The highest BCUT2D eigenvalue weighted by Crippen LogP contribution is 2.37. The van der Waals surface area contributed by atoms with Crippen LogP contribution in [0.4, 0.5) is 11.4 Å². The highest BCUT2D eigenvalue weighted by molar-refractivity contribution is 8.01. The Labute approximate surface area is 158 Å². The van der Waals surface area contributed by atoms with Gasteiger partial charge in [-0.2, -0.15) is 0 Å². The number of rotatable bonds is 5. The normalized spacial score (nSPS) is 16.2. The molecule has 0 saturated carbocycles. The SMILES string of the molecule is CCc1cccc(C(C)C)c1NC(=O)C[C@@H]1Sc2ccccc2NC1=O. The molecular weight excluding hydrogens is 344 g/mol. The van der Waals surface area contributed by atoms with Crippen molar-refractivity contribution in [2.45, 2.75) is 49.7 Å². The van der Waals surface area contributed by atoms with Crippen molar-refractivity contribution in [2.24, 2.45) is 0 Å². The summed E-state index contributed by atoms with van der Waals surface area (Å²) in [4.78, 5) is 26.0. The van der Waals surface area contributed by atoms with Gasteiger partial charge in [-0.1, -0.05) is 51.1 Å². The molecule has 0 fully saturated rings. The van der Waals surface area contributed by atoms with E-state index in [1.54, 1.807) is 0 Å². The number of amides is 2. The smallest absolute Gasteiger partial charge is 0.238 e. The van der Waals surface area contributed by atoms with Crippen LogP contribution in [-0.4, -0.2) is 17.1 Å². The Balaban J connectivity index is 1.75. The summed E-state index contributed by atoms with van der Waals surface area (Å²) in [5.74, 6) is 0.0765. The molecule has 2 aromatic carbocycles. The van der Waals surface area contributed by atoms with Crippen LogP contribution in [0.2, 0.25) is 0 Å². The fraction of sp³-hybridized carbons (Fsp3) is 0.333. The van der Waals surface area contributed by atoms with Gasteiger partial charge in [-0.05, 0) is 35.6 Å². The molecule has 4 nitrogen and oxygen atoms in total. The van der Waals surface area contributed by atoms with Gasteiger partial charge in [-0.3, -0.25) is 9.59 Å². The first-order chi connectivity index (χ1) is 12.5. The van der Waals surface area contributed by atoms with Crippen LogP contribution >= 0.6 is 11.8 Å². The van der Waals surface area contributed by atoms with E-state index in [9.17, 15) is 9.59 Å². The zero-order valence-electron chi connectivity index (χ0n) is 15.3. The van der Waals surface area contributed by atoms with E-state index in [-0.39, 0.29) is 18.2 Å². The molecule has 0 radical (unpaired) electrons. The second-order valence-corrected chi connectivity index (χ2v) is 7.98. The number of thioether (sulfide) groups is 1. The number of carbonyl (C=O) groups is 2. The number of nitrogens with one attached hydrogen (secondary N) is 2. The maximum atomic E-state index is 12.7. The maximum Gasteiger partial charge on any atom is 0.238 e. The van der Waals surface area contributed by atoms with Gasteiger partial charge in [-0.25, -0.2) is 0 Å². The number of carbonyl (C=O) groups excluding carboxylic acids is 2. The van der Waals surface area contributed by atoms with E-state index in [0.717, 1.165) is 33.8 Å². The molecule has 1 aliphatic heterocycles. The number of anilines is 2. The van der Waals surface area contributed by atoms with Crippen LogP contribution < -0.4 is 10.6 Å². The van der Waals surface area contributed by atoms with Gasteiger partial charge >= 0.3 is 0 Å². The Kier molecular flexibility index (Phi) is 5.67. The Bertz CT molecular complexity index is 833. The molecule has 0 aliphatic carbocycles. The standard InChI is InChI=1S/C21H24N2O2S/c1-4-14-8-7-9-15(13(2)3)20(14)23-19(24)12-18-21(25)22-16-10-5-6-11-17(16)26-18/h5-11,13,18H,4,12H2,1-3H3,(H,22,25)(H,23,24)/t18-/m0/s1. The topological polar surface area (TPSA) is 58.2 Å². The molecule has 2 N–H and O–H groups in total. The van der Waals surface area contributed by atoms with Crippen molar-refractivity contribution in [3.8, 4) is 0 Å². The first-order valence-corrected chi connectivity index (χ1v) is 9.85. The summed E-state index contributed by atoms with van der Waals surface area (Å²) in [5, 5.41) is 5.55. The Morgan fingerprint density at radius 1 is 1.19 bits per heavy atom. The number of aryl methyl sites for hydroxylation is 1. The molecular formula is C21H24N2O2S. The molecule has 2 amide bonds. The van der Waals surface area contributed by atoms with Gasteiger partial charge in [0.1, 0.15) is 0 Å². The third kappa shape index (κ3) is 3.93. The van der Waals surface area contributed by atoms with Crippen LogP contribution in [0.1, 0.15) is 44.2 Å². The molecule has 0 aromatic heterocycles. The van der Waals surface area contributed by atoms with E-state index in [4.69, 9.17) is 0 Å². The Hall–Kier alpha value is -2.27. The fourth-order valence-corrected chi connectivity index (χ4v) is 4.24. The van der Waals surface area contributed by atoms with Crippen molar-refractivity contribution in [3.05, 3.63) is 53.6 Å². The third-order valence-electron chi connectivity index (χ3n) is 4.53. The van der Waals surface area contributed by atoms with Crippen LogP contribution in [0.15, 0.2) is 47.4 Å². The van der Waals surface area contributed by atoms with E-state index < -0.39 is 5.25 Å². The summed E-state index contributed by atoms with van der Waals surface area (Å²) in [7, 11) is 0. The van der Waals surface area contributed by atoms with E-state index in [1.165, 1.54) is 11.8 Å². The predicted molar refractivity (Wildman–Crippen MR) is 108 cm³/mol. The molecule has 0 bridgehead atoms. The van der Waals surface area contributed by atoms with E-state index in [2.05, 4.69) is 37.5 Å². The highest BCUT2D eigenvalue weighted by atomic mass is 32.2. The minimum absolute atomic E-state index is 0.114. The molecule has 26 heavy (non-hydrogen) atoms. The molecule has 0 spiro atoms. The van der Waals surface area contributed by atoms with Crippen LogP contribution in [0.25, 0.3) is 0 Å². The second-order valence-electron chi connectivity index (χ2n) is 6.73. The summed E-state index contributed by atoms with van der Waals surface area (Å²) in [6, 6.07) is 13.8. The fourth-order valence-electron chi connectivity index (χ4n) is 3.13. The minimum atomic E-state index is -0.416. The largest absolute Gasteiger partial charge is 0.326 e. The van der Waals surface area contributed by atoms with Gasteiger partial charge < -0.3 is 10.6 Å². The molecule has 2 aromatic rings. The number of hydrogen-bond acceptors (Lipinski definition) is 3. The van der Waals surface area contributed by atoms with E-state index >= 15 is 0 Å². The molecule has 1 heterocycles. The molecule has 1 aliphatic rings. The van der Waals surface area contributed by atoms with Crippen molar-refractivity contribution in [2.75, 3.05) is 10.6 Å². The van der Waals surface area contributed by atoms with Gasteiger partial charge in [0.05, 0.1) is 10.9 Å². The zero-order chi connectivity index (χ0) is 18.7. The van der Waals surface area contributed by atoms with E-state index in [0.29, 0.717) is 5.92 Å². The predicted octanol–water partition coefficient (Wildman–Crippen LogP) is 4.81. The van der Waals surface area contributed by atoms with Gasteiger partial charge in [0, 0.05) is 17.0 Å². The lowest BCUT2D eigenvalue weighted by Gasteiger charge is -2.24. The zero-order valence-corrected chi connectivity index (χ0v) is 16.2. The number of fused-ring (bicyclic) bond motifs is 1. The van der Waals surface area contributed by atoms with Crippen molar-refractivity contribution in [1.29, 1.82) is 0 Å². The second kappa shape index (κ2) is 7.96. The van der Waals surface area contributed by atoms with Crippen LogP contribution in [0, 0.1) is 0 Å². The first-order valence-electron chi connectivity index (χ1n) is 8.97. The lowest BCUT2D eigenvalue weighted by atomic mass is 9.96. The average Bonchev–Trinajstić information content (AvgIpc) is 2.62. The van der Waals surface area contributed by atoms with Crippen molar-refractivity contribution < 1.29 is 9.59 Å². The molecule has 3 rings (SSSR count). The summed E-state index contributed by atoms with van der Waals surface area (Å²) in [6.07, 6.45) is 1.00. The quantitative estimate of drug-likeness (QED) is 0.796. The average molecular weight is 369 g/mol. The van der Waals surface area contributed by atoms with Gasteiger partial charge in [0.15, 0.2) is 0 Å². The van der Waals surface area contributed by atoms with Gasteiger partial charge in [0.25, 0.3) is 0 Å². The lowest BCUT2D eigenvalue weighted by Crippen LogP contribution is -2.32. The summed E-state index contributed by atoms with van der Waals surface area (Å²) < 4.78 is 0. The number of para-hydroxylation sites is 2. The summed E-state index contributed by atoms with van der Waals surface area (Å²) in [5.41, 5.74) is 3.97. The van der Waals surface area contributed by atoms with Crippen molar-refractivity contribution >= 4 is 35.0 Å². The Morgan fingerprint density at radius 3 is 2.69 bits per heavy atom. The number of hydrogen-bond donors (Lipinski definition) is 2. The summed E-state index contributed by atoms with van der Waals surface area (Å²) in [6.45, 7) is 6.31. The molecule has 136 valence electrons. The maximum absolute atomic E-state index is 12.7. The minimum Gasteiger partial charge on any atom is -0.326 e. The van der Waals surface area contributed by atoms with Gasteiger partial charge in [-0.15, -0.1) is 11.8 Å². The molecule has 5 heteroatoms. The van der Waals surface area contributed by atoms with Gasteiger partial charge in [0.2, 0.25) is 11.8 Å². The highest BCUT2D eigenvalue weighted by Gasteiger charge is 2.29. The molecule has 0 unspecified atom stereocenters. The third-order valence-corrected chi connectivity index (χ3v) is 5.80. The monoisotopic (exact) mass is 368 g/mol. The lowest BCUT2D eigenvalue weighted by molar-refractivity contribution is -0.120. The first kappa shape index (κ1) is 18.5. The van der Waals surface area contributed by atoms with Crippen LogP contribution in [0.5, 0.6) is 0 Å². The van der Waals surface area contributed by atoms with Crippen LogP contribution in [-0.2, 0) is 16.0 Å². The van der Waals surface area contributed by atoms with Crippen molar-refractivity contribution in [1.82, 2.24) is 0 Å². The number of benzene rings is 2. The Morgan fingerprint density at radius 2 is 1.96 bits per heavy atom. The van der Waals surface area contributed by atoms with Crippen molar-refractivity contribution in [3.63, 3.8) is 0 Å². The molecule has 0 saturated heterocycles. The molecule has 1 atom stereocenters. The van der Waals surface area contributed by atoms with E-state index in [1.807, 2.05) is 36.4 Å². The van der Waals surface area contributed by atoms with Crippen LogP contribution in [0.3, 0.4) is 0 Å².